The average molecular weight is 471 g/mol. The molecule has 1 aliphatic heterocycles. The van der Waals surface area contributed by atoms with Crippen molar-refractivity contribution < 1.29 is 39.4 Å². The molecule has 8 nitrogen and oxygen atoms in total. The standard InChI is InChI=1S/C25H42O8/c1-3-4-5-6-7-8-9-10-11-12-13-14-15-16-17-18-20(27)32-25(19-26)23(30)21(28)22(29)24(31-2)33-25/h4-5,7-8,10-11,21-24,26,28-30H,3,6,9,12-19H2,1-2H3/b5-4-,8-7-,11-10-/t21-,22+,23-,24+,25?/m1/s1. The van der Waals surface area contributed by atoms with Crippen LogP contribution in [0.3, 0.4) is 0 Å². The highest BCUT2D eigenvalue weighted by Gasteiger charge is 2.56. The minimum Gasteiger partial charge on any atom is -0.427 e. The van der Waals surface area contributed by atoms with Crippen molar-refractivity contribution in [3.8, 4) is 0 Å². The molecule has 0 radical (unpaired) electrons. The molecular weight excluding hydrogens is 428 g/mol. The summed E-state index contributed by atoms with van der Waals surface area (Å²) in [6.45, 7) is 1.24. The van der Waals surface area contributed by atoms with Crippen LogP contribution in [-0.2, 0) is 19.0 Å². The number of carbonyl (C=O) groups excluding carboxylic acids is 1. The van der Waals surface area contributed by atoms with E-state index in [0.29, 0.717) is 6.42 Å². The summed E-state index contributed by atoms with van der Waals surface area (Å²) in [5, 5.41) is 39.6. The van der Waals surface area contributed by atoms with Gasteiger partial charge < -0.3 is 34.6 Å². The van der Waals surface area contributed by atoms with E-state index in [4.69, 9.17) is 14.2 Å². The van der Waals surface area contributed by atoms with Gasteiger partial charge >= 0.3 is 5.97 Å². The highest BCUT2D eigenvalue weighted by molar-refractivity contribution is 5.69. The van der Waals surface area contributed by atoms with Crippen molar-refractivity contribution in [1.29, 1.82) is 0 Å². The third kappa shape index (κ3) is 10.5. The fourth-order valence-corrected chi connectivity index (χ4v) is 3.51. The second-order valence-corrected chi connectivity index (χ2v) is 8.19. The maximum absolute atomic E-state index is 12.2. The number of rotatable bonds is 16. The normalized spacial score (nSPS) is 28.3. The van der Waals surface area contributed by atoms with E-state index in [9.17, 15) is 25.2 Å². The van der Waals surface area contributed by atoms with Gasteiger partial charge in [-0.05, 0) is 38.5 Å². The van der Waals surface area contributed by atoms with Crippen molar-refractivity contribution in [3.63, 3.8) is 0 Å². The van der Waals surface area contributed by atoms with Crippen LogP contribution in [0.2, 0.25) is 0 Å². The number of methoxy groups -OCH3 is 1. The maximum atomic E-state index is 12.2. The number of hydrogen-bond acceptors (Lipinski definition) is 8. The third-order valence-corrected chi connectivity index (χ3v) is 5.49. The van der Waals surface area contributed by atoms with E-state index in [1.807, 2.05) is 0 Å². The lowest BCUT2D eigenvalue weighted by Crippen LogP contribution is -2.67. The van der Waals surface area contributed by atoms with Crippen LogP contribution in [0.25, 0.3) is 0 Å². The maximum Gasteiger partial charge on any atom is 0.308 e. The molecule has 0 spiro atoms. The molecule has 1 aliphatic rings. The number of ether oxygens (including phenoxy) is 3. The Morgan fingerprint density at radius 2 is 1.52 bits per heavy atom. The molecule has 0 amide bonds. The van der Waals surface area contributed by atoms with Gasteiger partial charge in [0, 0.05) is 13.5 Å². The van der Waals surface area contributed by atoms with Crippen molar-refractivity contribution in [2.24, 2.45) is 0 Å². The number of unbranched alkanes of at least 4 members (excludes halogenated alkanes) is 5. The summed E-state index contributed by atoms with van der Waals surface area (Å²) in [5.41, 5.74) is 0. The van der Waals surface area contributed by atoms with Crippen LogP contribution in [0, 0.1) is 0 Å². The van der Waals surface area contributed by atoms with E-state index in [0.717, 1.165) is 51.4 Å². The first-order valence-electron chi connectivity index (χ1n) is 11.9. The summed E-state index contributed by atoms with van der Waals surface area (Å²) < 4.78 is 15.4. The van der Waals surface area contributed by atoms with E-state index in [2.05, 4.69) is 43.4 Å². The molecule has 4 N–H and O–H groups in total. The lowest BCUT2D eigenvalue weighted by Gasteiger charge is -2.46. The Balaban J connectivity index is 2.19. The van der Waals surface area contributed by atoms with Crippen LogP contribution in [-0.4, -0.2) is 70.5 Å². The van der Waals surface area contributed by atoms with Gasteiger partial charge in [-0.2, -0.15) is 0 Å². The smallest absolute Gasteiger partial charge is 0.308 e. The molecule has 1 saturated heterocycles. The number of esters is 1. The summed E-state index contributed by atoms with van der Waals surface area (Å²) in [6.07, 6.45) is 15.4. The zero-order valence-electron chi connectivity index (χ0n) is 20.0. The lowest BCUT2D eigenvalue weighted by molar-refractivity contribution is -0.394. The SMILES string of the molecule is CC/C=C\C/C=C\C/C=C\CCCCCCCC(=O)OC1(CO)O[C@H](OC)[C@@H](O)[C@@H](O)[C@H]1O. The van der Waals surface area contributed by atoms with Gasteiger partial charge in [0.15, 0.2) is 12.4 Å². The fraction of sp³-hybridized carbons (Fsp3) is 0.720. The molecule has 0 aromatic heterocycles. The Labute approximate surface area is 197 Å². The first kappa shape index (κ1) is 29.5. The number of aliphatic hydroxyl groups is 4. The largest absolute Gasteiger partial charge is 0.427 e. The van der Waals surface area contributed by atoms with E-state index in [-0.39, 0.29) is 6.42 Å². The summed E-state index contributed by atoms with van der Waals surface area (Å²) in [6, 6.07) is 0. The van der Waals surface area contributed by atoms with Gasteiger partial charge in [-0.1, -0.05) is 62.6 Å². The molecule has 8 heteroatoms. The van der Waals surface area contributed by atoms with Crippen LogP contribution < -0.4 is 0 Å². The Bertz CT molecular complexity index is 616. The molecule has 0 bridgehead atoms. The fourth-order valence-electron chi connectivity index (χ4n) is 3.51. The highest BCUT2D eigenvalue weighted by atomic mass is 16.8. The Morgan fingerprint density at radius 1 is 0.909 bits per heavy atom. The van der Waals surface area contributed by atoms with Gasteiger partial charge in [0.25, 0.3) is 5.79 Å². The quantitative estimate of drug-likeness (QED) is 0.154. The molecule has 0 aromatic carbocycles. The number of aliphatic hydroxyl groups excluding tert-OH is 4. The molecule has 0 aromatic rings. The topological polar surface area (TPSA) is 126 Å². The zero-order valence-corrected chi connectivity index (χ0v) is 20.0. The Morgan fingerprint density at radius 3 is 2.15 bits per heavy atom. The van der Waals surface area contributed by atoms with Gasteiger partial charge in [0.05, 0.1) is 0 Å². The van der Waals surface area contributed by atoms with Crippen molar-refractivity contribution >= 4 is 5.97 Å². The Kier molecular flexibility index (Phi) is 15.2. The zero-order chi connectivity index (χ0) is 24.5. The second-order valence-electron chi connectivity index (χ2n) is 8.19. The summed E-state index contributed by atoms with van der Waals surface area (Å²) >= 11 is 0. The second kappa shape index (κ2) is 17.0. The van der Waals surface area contributed by atoms with Gasteiger partial charge in [-0.25, -0.2) is 0 Å². The predicted octanol–water partition coefficient (Wildman–Crippen LogP) is 2.89. The van der Waals surface area contributed by atoms with Crippen LogP contribution in [0.1, 0.15) is 71.1 Å². The minimum absolute atomic E-state index is 0.0911. The van der Waals surface area contributed by atoms with Gasteiger partial charge in [-0.15, -0.1) is 0 Å². The van der Waals surface area contributed by atoms with E-state index in [1.54, 1.807) is 0 Å². The molecule has 1 heterocycles. The van der Waals surface area contributed by atoms with Gasteiger partial charge in [-0.3, -0.25) is 4.79 Å². The summed E-state index contributed by atoms with van der Waals surface area (Å²) in [4.78, 5) is 12.2. The molecule has 0 saturated carbocycles. The number of hydrogen-bond donors (Lipinski definition) is 4. The van der Waals surface area contributed by atoms with Crippen molar-refractivity contribution in [2.45, 2.75) is 102 Å². The molecule has 1 fully saturated rings. The summed E-state index contributed by atoms with van der Waals surface area (Å²) in [5.74, 6) is -2.84. The number of allylic oxidation sites excluding steroid dienone is 6. The first-order valence-corrected chi connectivity index (χ1v) is 11.9. The van der Waals surface area contributed by atoms with E-state index >= 15 is 0 Å². The molecular formula is C25H42O8. The van der Waals surface area contributed by atoms with Crippen LogP contribution in [0.5, 0.6) is 0 Å². The minimum atomic E-state index is -2.18. The monoisotopic (exact) mass is 470 g/mol. The lowest BCUT2D eigenvalue weighted by atomic mass is 9.96. The summed E-state index contributed by atoms with van der Waals surface area (Å²) in [7, 11) is 1.22. The van der Waals surface area contributed by atoms with E-state index < -0.39 is 43.0 Å². The Hall–Kier alpha value is -1.55. The number of carbonyl (C=O) groups is 1. The van der Waals surface area contributed by atoms with Crippen molar-refractivity contribution in [3.05, 3.63) is 36.5 Å². The molecule has 190 valence electrons. The molecule has 1 rings (SSSR count). The molecule has 5 atom stereocenters. The van der Waals surface area contributed by atoms with Crippen LogP contribution in [0.4, 0.5) is 0 Å². The molecule has 33 heavy (non-hydrogen) atoms. The average Bonchev–Trinajstić information content (AvgIpc) is 2.82. The van der Waals surface area contributed by atoms with Gasteiger partial charge in [0.2, 0.25) is 0 Å². The highest BCUT2D eigenvalue weighted by Crippen LogP contribution is 2.32. The third-order valence-electron chi connectivity index (χ3n) is 5.49. The van der Waals surface area contributed by atoms with Crippen LogP contribution in [0.15, 0.2) is 36.5 Å². The predicted molar refractivity (Wildman–Crippen MR) is 125 cm³/mol. The van der Waals surface area contributed by atoms with E-state index in [1.165, 1.54) is 7.11 Å². The first-order chi connectivity index (χ1) is 15.9. The van der Waals surface area contributed by atoms with Crippen LogP contribution >= 0.6 is 0 Å². The molecule has 0 aliphatic carbocycles. The molecule has 1 unspecified atom stereocenters. The van der Waals surface area contributed by atoms with Crippen molar-refractivity contribution in [2.75, 3.05) is 13.7 Å². The van der Waals surface area contributed by atoms with Gasteiger partial charge in [0.1, 0.15) is 18.8 Å². The van der Waals surface area contributed by atoms with Crippen molar-refractivity contribution in [1.82, 2.24) is 0 Å².